The molecule has 1 aromatic heterocycles. The Morgan fingerprint density at radius 1 is 1.17 bits per heavy atom. The van der Waals surface area contributed by atoms with Gasteiger partial charge < -0.3 is 9.05 Å². The van der Waals surface area contributed by atoms with Crippen LogP contribution in [0.4, 0.5) is 0 Å². The molecule has 0 fully saturated rings. The minimum absolute atomic E-state index is 0.295. The molecule has 23 heavy (non-hydrogen) atoms. The highest BCUT2D eigenvalue weighted by Crippen LogP contribution is 2.46. The van der Waals surface area contributed by atoms with E-state index in [4.69, 9.17) is 9.05 Å². The second kappa shape index (κ2) is 9.40. The fraction of sp³-hybridized carbons (Fsp3) is 0.375. The summed E-state index contributed by atoms with van der Waals surface area (Å²) in [6.45, 7) is 4.57. The number of carbonyl (C=O) groups excluding carboxylic acids is 1. The fourth-order valence-electron chi connectivity index (χ4n) is 1.84. The molecule has 1 aromatic carbocycles. The van der Waals surface area contributed by atoms with Gasteiger partial charge in [-0.05, 0) is 5.56 Å². The quantitative estimate of drug-likeness (QED) is 0.569. The van der Waals surface area contributed by atoms with Crippen LogP contribution in [0.15, 0.2) is 42.7 Å². The zero-order valence-electron chi connectivity index (χ0n) is 13.9. The van der Waals surface area contributed by atoms with E-state index in [-0.39, 0.29) is 11.9 Å². The number of ketones is 1. The number of benzene rings is 1. The molecule has 0 aliphatic carbocycles. The first kappa shape index (κ1) is 19.3. The number of nitrogens with zero attached hydrogens (tertiary/aromatic N) is 2. The molecule has 0 aliphatic heterocycles. The van der Waals surface area contributed by atoms with Gasteiger partial charge in [-0.1, -0.05) is 44.2 Å². The standard InChI is InChI=1S/C14H17N2O4P.C2H6/c1-19-21(18,20-2)11-14(17)13-8-15-16(10-13)9-12-6-4-3-5-7-12;1-2/h3-8,10H,9,11H2,1-2H3;1-2H3. The van der Waals surface area contributed by atoms with Gasteiger partial charge in [0.15, 0.2) is 5.78 Å². The summed E-state index contributed by atoms with van der Waals surface area (Å²) in [4.78, 5) is 12.1. The summed E-state index contributed by atoms with van der Waals surface area (Å²) in [5.74, 6) is -0.318. The molecule has 0 radical (unpaired) electrons. The smallest absolute Gasteiger partial charge is 0.312 e. The molecule has 0 aliphatic rings. The van der Waals surface area contributed by atoms with E-state index in [1.165, 1.54) is 20.4 Å². The fourth-order valence-corrected chi connectivity index (χ4v) is 2.78. The number of aromatic nitrogens is 2. The largest absolute Gasteiger partial charge is 0.337 e. The van der Waals surface area contributed by atoms with E-state index in [1.54, 1.807) is 10.9 Å². The molecule has 0 bridgehead atoms. The van der Waals surface area contributed by atoms with E-state index >= 15 is 0 Å². The Morgan fingerprint density at radius 3 is 2.35 bits per heavy atom. The molecule has 0 atom stereocenters. The van der Waals surface area contributed by atoms with Crippen molar-refractivity contribution in [2.45, 2.75) is 20.4 Å². The summed E-state index contributed by atoms with van der Waals surface area (Å²) in [7, 11) is -0.826. The monoisotopic (exact) mass is 338 g/mol. The summed E-state index contributed by atoms with van der Waals surface area (Å²) >= 11 is 0. The van der Waals surface area contributed by atoms with E-state index < -0.39 is 7.60 Å². The molecular formula is C16H23N2O4P. The number of Topliss-reactive ketones (excluding diaryl/α,β-unsaturated/α-hetero) is 1. The summed E-state index contributed by atoms with van der Waals surface area (Å²) in [5, 5.41) is 4.14. The Hall–Kier alpha value is -1.75. The van der Waals surface area contributed by atoms with Crippen LogP contribution < -0.4 is 0 Å². The molecule has 2 rings (SSSR count). The zero-order chi connectivity index (χ0) is 17.3. The van der Waals surface area contributed by atoms with Gasteiger partial charge in [0.05, 0.1) is 18.3 Å². The normalized spacial score (nSPS) is 10.8. The van der Waals surface area contributed by atoms with E-state index in [9.17, 15) is 9.36 Å². The predicted octanol–water partition coefficient (Wildman–Crippen LogP) is 3.63. The van der Waals surface area contributed by atoms with Crippen LogP contribution in [0.5, 0.6) is 0 Å². The van der Waals surface area contributed by atoms with Crippen LogP contribution in [0.3, 0.4) is 0 Å². The zero-order valence-corrected chi connectivity index (χ0v) is 14.8. The predicted molar refractivity (Wildman–Crippen MR) is 89.9 cm³/mol. The van der Waals surface area contributed by atoms with Crippen LogP contribution in [0.2, 0.25) is 0 Å². The van der Waals surface area contributed by atoms with Crippen molar-refractivity contribution in [3.63, 3.8) is 0 Å². The number of rotatable bonds is 7. The van der Waals surface area contributed by atoms with Crippen LogP contribution in [-0.4, -0.2) is 35.9 Å². The molecule has 126 valence electrons. The Labute approximate surface area is 137 Å². The highest BCUT2D eigenvalue weighted by atomic mass is 31.2. The highest BCUT2D eigenvalue weighted by Gasteiger charge is 2.26. The first-order valence-electron chi connectivity index (χ1n) is 7.36. The lowest BCUT2D eigenvalue weighted by molar-refractivity contribution is 0.101. The van der Waals surface area contributed by atoms with Crippen LogP contribution in [-0.2, 0) is 20.2 Å². The van der Waals surface area contributed by atoms with Gasteiger partial charge in [0, 0.05) is 20.4 Å². The third-order valence-electron chi connectivity index (χ3n) is 3.04. The summed E-state index contributed by atoms with van der Waals surface area (Å²) in [5.41, 5.74) is 1.47. The van der Waals surface area contributed by atoms with Crippen LogP contribution in [0.25, 0.3) is 0 Å². The van der Waals surface area contributed by atoms with E-state index in [2.05, 4.69) is 5.10 Å². The van der Waals surface area contributed by atoms with Crippen LogP contribution in [0.1, 0.15) is 29.8 Å². The third-order valence-corrected chi connectivity index (χ3v) is 4.82. The minimum atomic E-state index is -3.35. The molecule has 0 saturated carbocycles. The van der Waals surface area contributed by atoms with Crippen molar-refractivity contribution < 1.29 is 18.4 Å². The summed E-state index contributed by atoms with van der Waals surface area (Å²) < 4.78 is 23.1. The molecule has 7 heteroatoms. The second-order valence-corrected chi connectivity index (χ2v) is 6.74. The second-order valence-electron chi connectivity index (χ2n) is 4.47. The molecule has 2 aromatic rings. The molecule has 6 nitrogen and oxygen atoms in total. The van der Waals surface area contributed by atoms with Crippen LogP contribution in [0, 0.1) is 0 Å². The topological polar surface area (TPSA) is 70.4 Å². The van der Waals surface area contributed by atoms with Gasteiger partial charge in [-0.2, -0.15) is 5.10 Å². The molecule has 0 saturated heterocycles. The molecule has 1 heterocycles. The van der Waals surface area contributed by atoms with Crippen molar-refractivity contribution in [2.24, 2.45) is 0 Å². The first-order chi connectivity index (χ1) is 11.1. The van der Waals surface area contributed by atoms with Gasteiger partial charge in [-0.25, -0.2) is 0 Å². The van der Waals surface area contributed by atoms with E-state index in [0.29, 0.717) is 12.1 Å². The molecular weight excluding hydrogens is 315 g/mol. The molecule has 0 spiro atoms. The molecule has 0 N–H and O–H groups in total. The lowest BCUT2D eigenvalue weighted by Crippen LogP contribution is -2.07. The maximum atomic E-state index is 12.1. The van der Waals surface area contributed by atoms with Crippen molar-refractivity contribution in [3.05, 3.63) is 53.9 Å². The Bertz CT molecular complexity index is 647. The van der Waals surface area contributed by atoms with Gasteiger partial charge in [0.1, 0.15) is 6.16 Å². The number of hydrogen-bond acceptors (Lipinski definition) is 5. The van der Waals surface area contributed by atoms with Crippen LogP contribution >= 0.6 is 7.60 Å². The first-order valence-corrected chi connectivity index (χ1v) is 9.09. The average Bonchev–Trinajstić information content (AvgIpc) is 3.06. The Morgan fingerprint density at radius 2 is 1.78 bits per heavy atom. The van der Waals surface area contributed by atoms with Gasteiger partial charge in [-0.3, -0.25) is 14.0 Å². The van der Waals surface area contributed by atoms with Crippen molar-refractivity contribution in [2.75, 3.05) is 20.4 Å². The minimum Gasteiger partial charge on any atom is -0.312 e. The summed E-state index contributed by atoms with van der Waals surface area (Å²) in [6, 6.07) is 9.78. The lowest BCUT2D eigenvalue weighted by Gasteiger charge is -2.11. The van der Waals surface area contributed by atoms with Crippen molar-refractivity contribution in [3.8, 4) is 0 Å². The van der Waals surface area contributed by atoms with Crippen molar-refractivity contribution in [1.82, 2.24) is 9.78 Å². The van der Waals surface area contributed by atoms with Crippen molar-refractivity contribution in [1.29, 1.82) is 0 Å². The molecule has 0 unspecified atom stereocenters. The molecule has 0 amide bonds. The number of hydrogen-bond donors (Lipinski definition) is 0. The Kier molecular flexibility index (Phi) is 7.89. The van der Waals surface area contributed by atoms with E-state index in [0.717, 1.165) is 5.56 Å². The maximum absolute atomic E-state index is 12.1. The van der Waals surface area contributed by atoms with E-state index in [1.807, 2.05) is 44.2 Å². The third kappa shape index (κ3) is 5.75. The SMILES string of the molecule is CC.COP(=O)(CC(=O)c1cnn(Cc2ccccc2)c1)OC. The lowest BCUT2D eigenvalue weighted by atomic mass is 10.2. The maximum Gasteiger partial charge on any atom is 0.337 e. The van der Waals surface area contributed by atoms with Gasteiger partial charge in [0.25, 0.3) is 0 Å². The van der Waals surface area contributed by atoms with Gasteiger partial charge >= 0.3 is 7.60 Å². The highest BCUT2D eigenvalue weighted by molar-refractivity contribution is 7.54. The average molecular weight is 338 g/mol. The van der Waals surface area contributed by atoms with Gasteiger partial charge in [0.2, 0.25) is 0 Å². The van der Waals surface area contributed by atoms with Gasteiger partial charge in [-0.15, -0.1) is 0 Å². The number of carbonyl (C=O) groups is 1. The summed E-state index contributed by atoms with van der Waals surface area (Å²) in [6.07, 6.45) is 2.79. The van der Waals surface area contributed by atoms with Crippen molar-refractivity contribution >= 4 is 13.4 Å². The Balaban J connectivity index is 0.00000127.